The van der Waals surface area contributed by atoms with Gasteiger partial charge >= 0.3 is 0 Å². The molecule has 1 aromatic rings. The fourth-order valence-electron chi connectivity index (χ4n) is 2.61. The van der Waals surface area contributed by atoms with E-state index in [2.05, 4.69) is 4.98 Å². The van der Waals surface area contributed by atoms with Crippen LogP contribution in [0.15, 0.2) is 18.5 Å². The number of carbonyl (C=O) groups is 1. The molecule has 0 N–H and O–H groups in total. The molecule has 0 aliphatic heterocycles. The lowest BCUT2D eigenvalue weighted by Crippen LogP contribution is -2.40. The van der Waals surface area contributed by atoms with E-state index >= 15 is 0 Å². The van der Waals surface area contributed by atoms with E-state index in [0.29, 0.717) is 18.1 Å². The molecule has 98 valence electrons. The van der Waals surface area contributed by atoms with Crippen molar-refractivity contribution in [1.29, 1.82) is 0 Å². The summed E-state index contributed by atoms with van der Waals surface area (Å²) in [6.07, 6.45) is 7.38. The molecule has 1 aromatic heterocycles. The van der Waals surface area contributed by atoms with Crippen LogP contribution in [0.4, 0.5) is 0 Å². The summed E-state index contributed by atoms with van der Waals surface area (Å²) in [7, 11) is 0. The van der Waals surface area contributed by atoms with Crippen LogP contribution in [0.2, 0.25) is 5.02 Å². The van der Waals surface area contributed by atoms with Crippen molar-refractivity contribution in [2.75, 3.05) is 6.61 Å². The summed E-state index contributed by atoms with van der Waals surface area (Å²) in [5.74, 6) is 0.148. The summed E-state index contributed by atoms with van der Waals surface area (Å²) >= 11 is 6.04. The third-order valence-corrected chi connectivity index (χ3v) is 3.89. The highest BCUT2D eigenvalue weighted by Crippen LogP contribution is 2.35. The molecule has 1 aliphatic rings. The average Bonchev–Trinajstić information content (AvgIpc) is 2.82. The molecule has 0 amide bonds. The van der Waals surface area contributed by atoms with Crippen LogP contribution in [0.1, 0.15) is 38.2 Å². The summed E-state index contributed by atoms with van der Waals surface area (Å²) in [5, 5.41) is 0.551. The van der Waals surface area contributed by atoms with Gasteiger partial charge in [0.2, 0.25) is 0 Å². The molecule has 0 atom stereocenters. The van der Waals surface area contributed by atoms with Crippen molar-refractivity contribution >= 4 is 17.4 Å². The predicted octanol–water partition coefficient (Wildman–Crippen LogP) is 3.20. The number of ketones is 1. The highest BCUT2D eigenvalue weighted by atomic mass is 35.5. The molecule has 1 heterocycles. The second-order valence-corrected chi connectivity index (χ2v) is 5.11. The van der Waals surface area contributed by atoms with Crippen LogP contribution < -0.4 is 0 Å². The maximum absolute atomic E-state index is 12.5. The maximum Gasteiger partial charge on any atom is 0.169 e. The third-order valence-electron chi connectivity index (χ3n) is 3.55. The van der Waals surface area contributed by atoms with E-state index < -0.39 is 5.60 Å². The van der Waals surface area contributed by atoms with Gasteiger partial charge in [-0.1, -0.05) is 11.6 Å². The first-order chi connectivity index (χ1) is 8.68. The summed E-state index contributed by atoms with van der Waals surface area (Å²) in [4.78, 5) is 16.4. The van der Waals surface area contributed by atoms with Crippen molar-refractivity contribution in [3.05, 3.63) is 29.0 Å². The number of aromatic nitrogens is 1. The zero-order valence-electron chi connectivity index (χ0n) is 10.6. The van der Waals surface area contributed by atoms with Crippen LogP contribution in [-0.2, 0) is 16.0 Å². The highest BCUT2D eigenvalue weighted by molar-refractivity contribution is 6.31. The Morgan fingerprint density at radius 2 is 2.22 bits per heavy atom. The largest absolute Gasteiger partial charge is 0.367 e. The van der Waals surface area contributed by atoms with Gasteiger partial charge in [-0.25, -0.2) is 0 Å². The van der Waals surface area contributed by atoms with Crippen molar-refractivity contribution < 1.29 is 9.53 Å². The Morgan fingerprint density at radius 3 is 2.83 bits per heavy atom. The number of pyridine rings is 1. The Hall–Kier alpha value is -0.930. The normalized spacial score (nSPS) is 17.9. The van der Waals surface area contributed by atoms with Crippen LogP contribution in [0.3, 0.4) is 0 Å². The molecule has 0 unspecified atom stereocenters. The minimum absolute atomic E-state index is 0.148. The minimum Gasteiger partial charge on any atom is -0.367 e. The van der Waals surface area contributed by atoms with E-state index in [1.54, 1.807) is 18.5 Å². The van der Waals surface area contributed by atoms with E-state index in [0.717, 1.165) is 31.2 Å². The lowest BCUT2D eigenvalue weighted by molar-refractivity contribution is -0.142. The van der Waals surface area contributed by atoms with Crippen molar-refractivity contribution in [1.82, 2.24) is 4.98 Å². The van der Waals surface area contributed by atoms with Gasteiger partial charge in [0.1, 0.15) is 5.60 Å². The smallest absolute Gasteiger partial charge is 0.169 e. The molecule has 0 aromatic carbocycles. The summed E-state index contributed by atoms with van der Waals surface area (Å²) in [6.45, 7) is 2.52. The Bertz CT molecular complexity index is 428. The molecule has 2 rings (SSSR count). The second-order valence-electron chi connectivity index (χ2n) is 4.70. The first-order valence-electron chi connectivity index (χ1n) is 6.43. The maximum atomic E-state index is 12.5. The molecule has 3 nitrogen and oxygen atoms in total. The Kier molecular flexibility index (Phi) is 4.36. The van der Waals surface area contributed by atoms with Gasteiger partial charge in [0.05, 0.1) is 5.02 Å². The van der Waals surface area contributed by atoms with Gasteiger partial charge in [-0.3, -0.25) is 9.78 Å². The molecule has 4 heteroatoms. The van der Waals surface area contributed by atoms with Crippen molar-refractivity contribution in [3.8, 4) is 0 Å². The number of halogens is 1. The van der Waals surface area contributed by atoms with E-state index in [-0.39, 0.29) is 5.78 Å². The number of rotatable bonds is 5. The van der Waals surface area contributed by atoms with E-state index in [1.807, 2.05) is 6.92 Å². The van der Waals surface area contributed by atoms with Crippen molar-refractivity contribution in [2.45, 2.75) is 44.6 Å². The molecule has 18 heavy (non-hydrogen) atoms. The van der Waals surface area contributed by atoms with Crippen LogP contribution >= 0.6 is 11.6 Å². The van der Waals surface area contributed by atoms with Crippen molar-refractivity contribution in [2.24, 2.45) is 0 Å². The first-order valence-corrected chi connectivity index (χ1v) is 6.81. The quantitative estimate of drug-likeness (QED) is 0.822. The molecule has 0 radical (unpaired) electrons. The first kappa shape index (κ1) is 13.5. The lowest BCUT2D eigenvalue weighted by atomic mass is 9.91. The number of hydrogen-bond acceptors (Lipinski definition) is 3. The number of carbonyl (C=O) groups excluding carboxylic acids is 1. The minimum atomic E-state index is -0.568. The van der Waals surface area contributed by atoms with Gasteiger partial charge in [0.15, 0.2) is 5.78 Å². The van der Waals surface area contributed by atoms with Gasteiger partial charge in [-0.15, -0.1) is 0 Å². The second kappa shape index (κ2) is 5.81. The molecule has 0 spiro atoms. The highest BCUT2D eigenvalue weighted by Gasteiger charge is 2.41. The van der Waals surface area contributed by atoms with Crippen LogP contribution in [0.5, 0.6) is 0 Å². The van der Waals surface area contributed by atoms with Gasteiger partial charge in [0.25, 0.3) is 0 Å². The van der Waals surface area contributed by atoms with Crippen molar-refractivity contribution in [3.63, 3.8) is 0 Å². The monoisotopic (exact) mass is 267 g/mol. The third kappa shape index (κ3) is 2.73. The van der Waals surface area contributed by atoms with Gasteiger partial charge in [0, 0.05) is 25.4 Å². The Labute approximate surface area is 113 Å². The van der Waals surface area contributed by atoms with Crippen LogP contribution in [0, 0.1) is 0 Å². The molecular weight excluding hydrogens is 250 g/mol. The summed E-state index contributed by atoms with van der Waals surface area (Å²) in [6, 6.07) is 1.80. The number of hydrogen-bond donors (Lipinski definition) is 0. The number of ether oxygens (including phenoxy) is 1. The predicted molar refractivity (Wildman–Crippen MR) is 70.8 cm³/mol. The summed E-state index contributed by atoms with van der Waals surface area (Å²) in [5.41, 5.74) is 0.268. The molecule has 0 saturated heterocycles. The topological polar surface area (TPSA) is 39.2 Å². The molecule has 1 saturated carbocycles. The van der Waals surface area contributed by atoms with E-state index in [9.17, 15) is 4.79 Å². The number of Topliss-reactive ketones (excluding diaryl/α,β-unsaturated/α-hetero) is 1. The van der Waals surface area contributed by atoms with Gasteiger partial charge < -0.3 is 4.74 Å². The fourth-order valence-corrected chi connectivity index (χ4v) is 2.79. The fraction of sp³-hybridized carbons (Fsp3) is 0.571. The standard InChI is InChI=1S/C14H18ClNO2/c1-2-18-14(6-3-4-7-14)13(17)9-11-5-8-16-10-12(11)15/h5,8,10H,2-4,6-7,9H2,1H3. The Balaban J connectivity index is 2.13. The summed E-state index contributed by atoms with van der Waals surface area (Å²) < 4.78 is 5.76. The lowest BCUT2D eigenvalue weighted by Gasteiger charge is -2.27. The molecule has 1 fully saturated rings. The molecular formula is C14H18ClNO2. The average molecular weight is 268 g/mol. The zero-order chi connectivity index (χ0) is 13.0. The number of nitrogens with zero attached hydrogens (tertiary/aromatic N) is 1. The van der Waals surface area contributed by atoms with Gasteiger partial charge in [-0.2, -0.15) is 0 Å². The van der Waals surface area contributed by atoms with Crippen LogP contribution in [-0.4, -0.2) is 23.0 Å². The van der Waals surface area contributed by atoms with Gasteiger partial charge in [-0.05, 0) is 44.2 Å². The molecule has 0 bridgehead atoms. The molecule has 1 aliphatic carbocycles. The van der Waals surface area contributed by atoms with E-state index in [1.165, 1.54) is 0 Å². The van der Waals surface area contributed by atoms with E-state index in [4.69, 9.17) is 16.3 Å². The SMILES string of the molecule is CCOC1(C(=O)Cc2ccncc2Cl)CCCC1. The van der Waals surface area contributed by atoms with Crippen LogP contribution in [0.25, 0.3) is 0 Å². The Morgan fingerprint density at radius 1 is 1.50 bits per heavy atom. The zero-order valence-corrected chi connectivity index (χ0v) is 11.4.